The summed E-state index contributed by atoms with van der Waals surface area (Å²) in [5.41, 5.74) is 2.09. The lowest BCUT2D eigenvalue weighted by molar-refractivity contribution is 0.422. The van der Waals surface area contributed by atoms with Crippen LogP contribution < -0.4 is 0 Å². The highest BCUT2D eigenvalue weighted by molar-refractivity contribution is 7.80. The molecule has 4 aromatic rings. The molecule has 9 heteroatoms. The van der Waals surface area contributed by atoms with Gasteiger partial charge in [-0.15, -0.1) is 21.5 Å². The molecule has 0 amide bonds. The van der Waals surface area contributed by atoms with Gasteiger partial charge in [0.15, 0.2) is 17.5 Å². The standard InChI is InChI=1S/C19H16N6OS2/c1-3-25-17(14-5-4-8-28-14)22-23-18(25)15(27)16-21-19(26-24-16)13-9-11(2)6-7-12(13)10-20/h4-9,15,27H,3H2,1-2H3. The average Bonchev–Trinajstić information content (AvgIpc) is 3.47. The number of aryl methyl sites for hydroxylation is 1. The molecule has 0 aliphatic heterocycles. The van der Waals surface area contributed by atoms with Crippen molar-refractivity contribution in [1.82, 2.24) is 24.9 Å². The van der Waals surface area contributed by atoms with Crippen molar-refractivity contribution in [3.63, 3.8) is 0 Å². The molecule has 140 valence electrons. The van der Waals surface area contributed by atoms with Crippen molar-refractivity contribution in [2.45, 2.75) is 25.6 Å². The first-order valence-electron chi connectivity index (χ1n) is 8.62. The first kappa shape index (κ1) is 18.4. The molecule has 1 aromatic carbocycles. The van der Waals surface area contributed by atoms with Gasteiger partial charge in [0.1, 0.15) is 5.25 Å². The van der Waals surface area contributed by atoms with Gasteiger partial charge in [-0.3, -0.25) is 0 Å². The largest absolute Gasteiger partial charge is 0.334 e. The number of nitrogens with zero attached hydrogens (tertiary/aromatic N) is 6. The molecule has 3 heterocycles. The minimum Gasteiger partial charge on any atom is -0.334 e. The molecule has 3 aromatic heterocycles. The van der Waals surface area contributed by atoms with Gasteiger partial charge in [0.05, 0.1) is 22.1 Å². The summed E-state index contributed by atoms with van der Waals surface area (Å²) in [7, 11) is 0. The van der Waals surface area contributed by atoms with Crippen LogP contribution >= 0.6 is 24.0 Å². The second-order valence-electron chi connectivity index (χ2n) is 6.12. The maximum absolute atomic E-state index is 9.35. The number of thiophene rings is 1. The molecule has 7 nitrogen and oxygen atoms in total. The maximum Gasteiger partial charge on any atom is 0.259 e. The molecule has 4 rings (SSSR count). The summed E-state index contributed by atoms with van der Waals surface area (Å²) in [6.45, 7) is 4.66. The zero-order valence-corrected chi connectivity index (χ0v) is 16.9. The third kappa shape index (κ3) is 3.21. The number of rotatable bonds is 5. The van der Waals surface area contributed by atoms with Gasteiger partial charge < -0.3 is 9.09 Å². The van der Waals surface area contributed by atoms with E-state index in [9.17, 15) is 5.26 Å². The Hall–Kier alpha value is -2.96. The van der Waals surface area contributed by atoms with E-state index >= 15 is 0 Å². The van der Waals surface area contributed by atoms with Crippen molar-refractivity contribution >= 4 is 24.0 Å². The molecule has 1 atom stereocenters. The summed E-state index contributed by atoms with van der Waals surface area (Å²) in [5.74, 6) is 2.10. The van der Waals surface area contributed by atoms with Gasteiger partial charge in [-0.1, -0.05) is 22.9 Å². The van der Waals surface area contributed by atoms with E-state index < -0.39 is 5.25 Å². The SMILES string of the molecule is CCn1c(-c2cccs2)nnc1C(S)c1noc(-c2cc(C)ccc2C#N)n1. The Morgan fingerprint density at radius 1 is 1.32 bits per heavy atom. The van der Waals surface area contributed by atoms with Gasteiger partial charge >= 0.3 is 0 Å². The van der Waals surface area contributed by atoms with E-state index in [1.165, 1.54) is 0 Å². The quantitative estimate of drug-likeness (QED) is 0.496. The van der Waals surface area contributed by atoms with Gasteiger partial charge in [-0.25, -0.2) is 0 Å². The summed E-state index contributed by atoms with van der Waals surface area (Å²) < 4.78 is 7.42. The number of hydrogen-bond donors (Lipinski definition) is 1. The topological polar surface area (TPSA) is 93.4 Å². The molecular weight excluding hydrogens is 392 g/mol. The number of aromatic nitrogens is 5. The Morgan fingerprint density at radius 2 is 2.18 bits per heavy atom. The van der Waals surface area contributed by atoms with E-state index in [-0.39, 0.29) is 5.89 Å². The van der Waals surface area contributed by atoms with Crippen LogP contribution in [0, 0.1) is 18.3 Å². The number of nitriles is 1. The van der Waals surface area contributed by atoms with Gasteiger partial charge in [0.25, 0.3) is 5.89 Å². The predicted octanol–water partition coefficient (Wildman–Crippen LogP) is 4.28. The summed E-state index contributed by atoms with van der Waals surface area (Å²) >= 11 is 6.27. The molecule has 28 heavy (non-hydrogen) atoms. The van der Waals surface area contributed by atoms with Crippen molar-refractivity contribution in [3.8, 4) is 28.2 Å². The minimum atomic E-state index is -0.506. The Kier molecular flexibility index (Phi) is 4.98. The van der Waals surface area contributed by atoms with Crippen LogP contribution in [-0.2, 0) is 6.54 Å². The first-order chi connectivity index (χ1) is 13.6. The van der Waals surface area contributed by atoms with E-state index in [1.807, 2.05) is 48.1 Å². The molecule has 0 radical (unpaired) electrons. The molecule has 0 fully saturated rings. The normalized spacial score (nSPS) is 12.1. The lowest BCUT2D eigenvalue weighted by atomic mass is 10.1. The zero-order chi connectivity index (χ0) is 19.7. The van der Waals surface area contributed by atoms with Crippen LogP contribution in [0.5, 0.6) is 0 Å². The lowest BCUT2D eigenvalue weighted by Crippen LogP contribution is -2.08. The Labute approximate surface area is 171 Å². The minimum absolute atomic E-state index is 0.287. The molecule has 0 saturated carbocycles. The van der Waals surface area contributed by atoms with Crippen molar-refractivity contribution in [2.75, 3.05) is 0 Å². The molecule has 0 saturated heterocycles. The fraction of sp³-hybridized carbons (Fsp3) is 0.211. The molecule has 0 spiro atoms. The highest BCUT2D eigenvalue weighted by Crippen LogP contribution is 2.32. The zero-order valence-electron chi connectivity index (χ0n) is 15.2. The predicted molar refractivity (Wildman–Crippen MR) is 109 cm³/mol. The summed E-state index contributed by atoms with van der Waals surface area (Å²) in [5, 5.41) is 23.6. The van der Waals surface area contributed by atoms with Crippen LogP contribution in [0.2, 0.25) is 0 Å². The van der Waals surface area contributed by atoms with Gasteiger partial charge in [-0.2, -0.15) is 22.9 Å². The van der Waals surface area contributed by atoms with Crippen LogP contribution in [0.25, 0.3) is 22.2 Å². The second-order valence-corrected chi connectivity index (χ2v) is 7.59. The fourth-order valence-electron chi connectivity index (χ4n) is 2.92. The third-order valence-corrected chi connectivity index (χ3v) is 5.62. The van der Waals surface area contributed by atoms with Gasteiger partial charge in [0.2, 0.25) is 0 Å². The van der Waals surface area contributed by atoms with Crippen molar-refractivity contribution < 1.29 is 4.52 Å². The molecule has 1 unspecified atom stereocenters. The van der Waals surface area contributed by atoms with E-state index in [2.05, 4.69) is 39.0 Å². The molecule has 0 aliphatic carbocycles. The third-order valence-electron chi connectivity index (χ3n) is 4.29. The highest BCUT2D eigenvalue weighted by Gasteiger charge is 2.25. The van der Waals surface area contributed by atoms with Crippen LogP contribution in [0.3, 0.4) is 0 Å². The van der Waals surface area contributed by atoms with E-state index in [0.717, 1.165) is 16.3 Å². The lowest BCUT2D eigenvalue weighted by Gasteiger charge is -2.09. The van der Waals surface area contributed by atoms with Gasteiger partial charge in [0, 0.05) is 6.54 Å². The smallest absolute Gasteiger partial charge is 0.259 e. The van der Waals surface area contributed by atoms with Crippen molar-refractivity contribution in [3.05, 3.63) is 58.5 Å². The van der Waals surface area contributed by atoms with Crippen molar-refractivity contribution in [2.24, 2.45) is 0 Å². The van der Waals surface area contributed by atoms with Crippen LogP contribution in [0.1, 0.15) is 34.9 Å². The monoisotopic (exact) mass is 408 g/mol. The molecule has 0 N–H and O–H groups in total. The highest BCUT2D eigenvalue weighted by atomic mass is 32.1. The number of thiol groups is 1. The number of benzene rings is 1. The molecule has 0 aliphatic rings. The summed E-state index contributed by atoms with van der Waals surface area (Å²) in [4.78, 5) is 5.51. The van der Waals surface area contributed by atoms with Crippen molar-refractivity contribution in [1.29, 1.82) is 5.26 Å². The Balaban J connectivity index is 1.71. The van der Waals surface area contributed by atoms with Gasteiger partial charge in [-0.05, 0) is 37.4 Å². The van der Waals surface area contributed by atoms with E-state index in [1.54, 1.807) is 17.4 Å². The maximum atomic E-state index is 9.35. The van der Waals surface area contributed by atoms with Crippen LogP contribution in [0.4, 0.5) is 0 Å². The Bertz CT molecular complexity index is 1160. The molecule has 0 bridgehead atoms. The fourth-order valence-corrected chi connectivity index (χ4v) is 3.93. The Morgan fingerprint density at radius 3 is 2.89 bits per heavy atom. The second kappa shape index (κ2) is 7.58. The molecular formula is C19H16N6OS2. The van der Waals surface area contributed by atoms with Crippen LogP contribution in [0.15, 0.2) is 40.2 Å². The first-order valence-corrected chi connectivity index (χ1v) is 10.0. The average molecular weight is 409 g/mol. The van der Waals surface area contributed by atoms with Crippen LogP contribution in [-0.4, -0.2) is 24.9 Å². The number of hydrogen-bond acceptors (Lipinski definition) is 8. The van der Waals surface area contributed by atoms with E-state index in [0.29, 0.717) is 29.3 Å². The van der Waals surface area contributed by atoms with E-state index in [4.69, 9.17) is 4.52 Å². The summed E-state index contributed by atoms with van der Waals surface area (Å²) in [6, 6.07) is 11.6. The summed E-state index contributed by atoms with van der Waals surface area (Å²) in [6.07, 6.45) is 0.